The Bertz CT molecular complexity index is 1150. The van der Waals surface area contributed by atoms with Gasteiger partial charge in [-0.25, -0.2) is 9.59 Å². The van der Waals surface area contributed by atoms with Gasteiger partial charge in [0.15, 0.2) is 5.69 Å². The first kappa shape index (κ1) is 24.3. The van der Waals surface area contributed by atoms with Gasteiger partial charge in [0.25, 0.3) is 17.2 Å². The number of nitrogen functional groups attached to an aromatic ring is 1. The molecular formula is C20H25N5O7. The number of aromatic nitrogens is 2. The second kappa shape index (κ2) is 10.4. The molecule has 1 aromatic carbocycles. The van der Waals surface area contributed by atoms with E-state index >= 15 is 0 Å². The molecule has 3 N–H and O–H groups in total. The lowest BCUT2D eigenvalue weighted by Crippen LogP contribution is -2.41. The van der Waals surface area contributed by atoms with E-state index in [2.05, 4.69) is 9.72 Å². The number of methoxy groups -OCH3 is 1. The van der Waals surface area contributed by atoms with Crippen molar-refractivity contribution in [3.05, 3.63) is 60.3 Å². The number of nitrogens with zero attached hydrogens (tertiary/aromatic N) is 3. The van der Waals surface area contributed by atoms with Gasteiger partial charge in [0.2, 0.25) is 0 Å². The number of unbranched alkanes of at least 4 members (excludes halogenated alkanes) is 1. The number of hydrogen-bond acceptors (Lipinski definition) is 8. The van der Waals surface area contributed by atoms with Gasteiger partial charge >= 0.3 is 11.7 Å². The zero-order chi connectivity index (χ0) is 24.0. The van der Waals surface area contributed by atoms with Crippen LogP contribution in [-0.2, 0) is 11.3 Å². The Balaban J connectivity index is 2.72. The van der Waals surface area contributed by atoms with Crippen molar-refractivity contribution >= 4 is 29.1 Å². The summed E-state index contributed by atoms with van der Waals surface area (Å²) in [6.45, 7) is 3.96. The van der Waals surface area contributed by atoms with E-state index in [0.717, 1.165) is 34.8 Å². The maximum atomic E-state index is 13.4. The molecular weight excluding hydrogens is 422 g/mol. The predicted molar refractivity (Wildman–Crippen MR) is 117 cm³/mol. The van der Waals surface area contributed by atoms with Crippen LogP contribution in [0, 0.1) is 10.1 Å². The van der Waals surface area contributed by atoms with Crippen LogP contribution < -0.4 is 21.9 Å². The second-order valence-corrected chi connectivity index (χ2v) is 6.97. The number of carbonyl (C=O) groups is 2. The highest BCUT2D eigenvalue weighted by Gasteiger charge is 2.27. The number of ether oxygens (including phenoxy) is 1. The Morgan fingerprint density at radius 3 is 2.41 bits per heavy atom. The van der Waals surface area contributed by atoms with Crippen molar-refractivity contribution < 1.29 is 19.2 Å². The number of nitro benzene ring substituents is 1. The smallest absolute Gasteiger partial charge is 0.338 e. The number of H-pyrrole nitrogens is 1. The molecule has 0 aliphatic carbocycles. The van der Waals surface area contributed by atoms with E-state index < -0.39 is 33.7 Å². The average Bonchev–Trinajstić information content (AvgIpc) is 2.77. The lowest BCUT2D eigenvalue weighted by Gasteiger charge is -2.24. The molecule has 0 fully saturated rings. The van der Waals surface area contributed by atoms with Crippen LogP contribution >= 0.6 is 0 Å². The summed E-state index contributed by atoms with van der Waals surface area (Å²) in [6, 6.07) is 3.13. The summed E-state index contributed by atoms with van der Waals surface area (Å²) >= 11 is 0. The first-order valence-corrected chi connectivity index (χ1v) is 9.98. The molecule has 0 saturated carbocycles. The van der Waals surface area contributed by atoms with Crippen LogP contribution in [0.4, 0.5) is 17.2 Å². The van der Waals surface area contributed by atoms with E-state index in [0.29, 0.717) is 19.3 Å². The summed E-state index contributed by atoms with van der Waals surface area (Å²) in [5.41, 5.74) is 3.41. The summed E-state index contributed by atoms with van der Waals surface area (Å²) in [5, 5.41) is 11.3. The molecule has 1 aromatic heterocycles. The number of amides is 1. The highest BCUT2D eigenvalue weighted by atomic mass is 16.6. The van der Waals surface area contributed by atoms with Gasteiger partial charge in [0.1, 0.15) is 5.82 Å². The number of carbonyl (C=O) groups excluding carboxylic acids is 2. The molecule has 1 heterocycles. The average molecular weight is 447 g/mol. The normalized spacial score (nSPS) is 10.6. The molecule has 12 nitrogen and oxygen atoms in total. The molecule has 0 radical (unpaired) electrons. The van der Waals surface area contributed by atoms with Crippen LogP contribution in [0.3, 0.4) is 0 Å². The second-order valence-electron chi connectivity index (χ2n) is 6.97. The molecule has 0 saturated heterocycles. The van der Waals surface area contributed by atoms with Crippen molar-refractivity contribution in [2.75, 3.05) is 24.3 Å². The van der Waals surface area contributed by atoms with Crippen molar-refractivity contribution in [3.63, 3.8) is 0 Å². The van der Waals surface area contributed by atoms with E-state index in [-0.39, 0.29) is 35.7 Å². The predicted octanol–water partition coefficient (Wildman–Crippen LogP) is 1.67. The summed E-state index contributed by atoms with van der Waals surface area (Å²) < 4.78 is 5.76. The van der Waals surface area contributed by atoms with E-state index in [4.69, 9.17) is 5.73 Å². The van der Waals surface area contributed by atoms with Crippen molar-refractivity contribution in [1.82, 2.24) is 9.55 Å². The van der Waals surface area contributed by atoms with Crippen molar-refractivity contribution in [1.29, 1.82) is 0 Å². The Kier molecular flexibility index (Phi) is 7.88. The Hall–Kier alpha value is -3.96. The van der Waals surface area contributed by atoms with Gasteiger partial charge in [-0.1, -0.05) is 20.3 Å². The zero-order valence-electron chi connectivity index (χ0n) is 18.0. The molecule has 0 bridgehead atoms. The number of esters is 1. The zero-order valence-corrected chi connectivity index (χ0v) is 18.0. The number of non-ortho nitro benzene ring substituents is 1. The lowest BCUT2D eigenvalue weighted by atomic mass is 10.1. The van der Waals surface area contributed by atoms with Crippen molar-refractivity contribution in [2.24, 2.45) is 0 Å². The van der Waals surface area contributed by atoms with Crippen LogP contribution in [-0.4, -0.2) is 40.0 Å². The SMILES string of the molecule is CCCCN(C(=O)c1cc(C(=O)OC)cc([N+](=O)[O-])c1)c1c(N)n(CCC)c(=O)[nH]c1=O. The topological polar surface area (TPSA) is 171 Å². The van der Waals surface area contributed by atoms with E-state index in [1.807, 2.05) is 13.8 Å². The lowest BCUT2D eigenvalue weighted by molar-refractivity contribution is -0.384. The molecule has 2 aromatic rings. The first-order valence-electron chi connectivity index (χ1n) is 9.98. The molecule has 0 atom stereocenters. The quantitative estimate of drug-likeness (QED) is 0.332. The van der Waals surface area contributed by atoms with Gasteiger partial charge in [-0.05, 0) is 18.9 Å². The molecule has 0 aliphatic heterocycles. The minimum Gasteiger partial charge on any atom is -0.465 e. The fraction of sp³-hybridized carbons (Fsp3) is 0.400. The number of hydrogen-bond donors (Lipinski definition) is 2. The van der Waals surface area contributed by atoms with Crippen LogP contribution in [0.15, 0.2) is 27.8 Å². The molecule has 0 spiro atoms. The number of anilines is 2. The summed E-state index contributed by atoms with van der Waals surface area (Å²) in [4.78, 5) is 64.0. The minimum absolute atomic E-state index is 0.0587. The number of rotatable bonds is 9. The van der Waals surface area contributed by atoms with E-state index in [1.165, 1.54) is 0 Å². The number of nitrogens with two attached hydrogens (primary N) is 1. The standard InChI is InChI=1S/C20H25N5O7/c1-4-6-8-23(15-16(21)24(7-5-2)20(29)22-17(15)26)18(27)12-9-13(19(28)32-3)11-14(10-12)25(30)31/h9-11H,4-8,21H2,1-3H3,(H,22,26,29). The molecule has 2 rings (SSSR count). The van der Waals surface area contributed by atoms with Crippen LogP contribution in [0.25, 0.3) is 0 Å². The molecule has 32 heavy (non-hydrogen) atoms. The highest BCUT2D eigenvalue weighted by molar-refractivity contribution is 6.08. The van der Waals surface area contributed by atoms with Gasteiger partial charge in [-0.3, -0.25) is 29.3 Å². The van der Waals surface area contributed by atoms with Gasteiger partial charge in [-0.15, -0.1) is 0 Å². The fourth-order valence-corrected chi connectivity index (χ4v) is 3.15. The summed E-state index contributed by atoms with van der Waals surface area (Å²) in [7, 11) is 1.10. The molecule has 0 aliphatic rings. The monoisotopic (exact) mass is 447 g/mol. The van der Waals surface area contributed by atoms with Crippen LogP contribution in [0.2, 0.25) is 0 Å². The molecule has 172 valence electrons. The van der Waals surface area contributed by atoms with E-state index in [9.17, 15) is 29.3 Å². The van der Waals surface area contributed by atoms with Crippen molar-refractivity contribution in [3.8, 4) is 0 Å². The van der Waals surface area contributed by atoms with Gasteiger partial charge in [-0.2, -0.15) is 0 Å². The van der Waals surface area contributed by atoms with Crippen LogP contribution in [0.5, 0.6) is 0 Å². The fourth-order valence-electron chi connectivity index (χ4n) is 3.15. The molecule has 12 heteroatoms. The van der Waals surface area contributed by atoms with Gasteiger partial charge in [0, 0.05) is 30.8 Å². The molecule has 0 unspecified atom stereocenters. The number of nitrogens with one attached hydrogen (secondary N) is 1. The van der Waals surface area contributed by atoms with Crippen molar-refractivity contribution in [2.45, 2.75) is 39.7 Å². The summed E-state index contributed by atoms with van der Waals surface area (Å²) in [6.07, 6.45) is 1.70. The Morgan fingerprint density at radius 1 is 1.19 bits per heavy atom. The Morgan fingerprint density at radius 2 is 1.84 bits per heavy atom. The third-order valence-electron chi connectivity index (χ3n) is 4.71. The Labute approximate surface area is 182 Å². The van der Waals surface area contributed by atoms with Gasteiger partial charge in [0.05, 0.1) is 17.6 Å². The number of benzene rings is 1. The third kappa shape index (κ3) is 5.02. The van der Waals surface area contributed by atoms with Gasteiger partial charge < -0.3 is 15.4 Å². The largest absolute Gasteiger partial charge is 0.465 e. The maximum absolute atomic E-state index is 13.4. The molecule has 1 amide bonds. The first-order chi connectivity index (χ1) is 15.2. The maximum Gasteiger partial charge on any atom is 0.338 e. The third-order valence-corrected chi connectivity index (χ3v) is 4.71. The number of nitro groups is 1. The van der Waals surface area contributed by atoms with Crippen LogP contribution in [0.1, 0.15) is 53.8 Å². The number of aromatic amines is 1. The highest BCUT2D eigenvalue weighted by Crippen LogP contribution is 2.24. The van der Waals surface area contributed by atoms with E-state index in [1.54, 1.807) is 0 Å². The minimum atomic E-state index is -0.864. The summed E-state index contributed by atoms with van der Waals surface area (Å²) in [5.74, 6) is -1.84.